The van der Waals surface area contributed by atoms with Gasteiger partial charge in [-0.15, -0.1) is 0 Å². The quantitative estimate of drug-likeness (QED) is 0.648. The van der Waals surface area contributed by atoms with Crippen LogP contribution in [0.15, 0.2) is 42.6 Å². The predicted molar refractivity (Wildman–Crippen MR) is 96.5 cm³/mol. The molecule has 0 bridgehead atoms. The topological polar surface area (TPSA) is 71.8 Å². The largest absolute Gasteiger partial charge is 0.490 e. The van der Waals surface area contributed by atoms with E-state index in [1.165, 1.54) is 0 Å². The first kappa shape index (κ1) is 19.4. The van der Waals surface area contributed by atoms with E-state index in [0.29, 0.717) is 24.5 Å². The summed E-state index contributed by atoms with van der Waals surface area (Å²) in [7, 11) is 0. The molecule has 0 aliphatic rings. The molecule has 1 aromatic carbocycles. The molecule has 5 heteroatoms. The van der Waals surface area contributed by atoms with E-state index in [2.05, 4.69) is 11.9 Å². The molecule has 5 nitrogen and oxygen atoms in total. The smallest absolute Gasteiger partial charge is 0.154 e. The van der Waals surface area contributed by atoms with Gasteiger partial charge in [0.15, 0.2) is 6.29 Å². The Morgan fingerprint density at radius 1 is 1.00 bits per heavy atom. The van der Waals surface area contributed by atoms with Crippen LogP contribution in [0.2, 0.25) is 0 Å². The molecule has 0 aliphatic heterocycles. The molecule has 2 N–H and O–H groups in total. The Hall–Kier alpha value is -1.95. The molecule has 2 aromatic rings. The fourth-order valence-corrected chi connectivity index (χ4v) is 2.42. The molecule has 2 rings (SSSR count). The molecular formula is C20H27NO4. The number of benzene rings is 1. The summed E-state index contributed by atoms with van der Waals surface area (Å²) in [6, 6.07) is 11.4. The average Bonchev–Trinajstić information content (AvgIpc) is 2.65. The third-order valence-corrected chi connectivity index (χ3v) is 3.97. The van der Waals surface area contributed by atoms with Crippen molar-refractivity contribution in [3.8, 4) is 5.75 Å². The summed E-state index contributed by atoms with van der Waals surface area (Å²) in [5.41, 5.74) is 2.85. The first-order valence-electron chi connectivity index (χ1n) is 8.76. The Balaban J connectivity index is 1.80. The Morgan fingerprint density at radius 3 is 2.32 bits per heavy atom. The molecule has 1 aromatic heterocycles. The second-order valence-electron chi connectivity index (χ2n) is 5.86. The minimum absolute atomic E-state index is 0.154. The van der Waals surface area contributed by atoms with Crippen molar-refractivity contribution in [3.05, 3.63) is 59.4 Å². The van der Waals surface area contributed by atoms with Gasteiger partial charge in [-0.05, 0) is 49.1 Å². The molecule has 0 spiro atoms. The summed E-state index contributed by atoms with van der Waals surface area (Å²) in [6.45, 7) is 4.59. The van der Waals surface area contributed by atoms with Crippen LogP contribution in [-0.2, 0) is 17.6 Å². The van der Waals surface area contributed by atoms with Crippen molar-refractivity contribution in [1.29, 1.82) is 0 Å². The average molecular weight is 345 g/mol. The van der Waals surface area contributed by atoms with E-state index in [4.69, 9.17) is 9.47 Å². The molecule has 136 valence electrons. The summed E-state index contributed by atoms with van der Waals surface area (Å²) in [5.74, 6) is 0.693. The highest BCUT2D eigenvalue weighted by atomic mass is 16.6. The first-order valence-corrected chi connectivity index (χ1v) is 8.76. The van der Waals surface area contributed by atoms with Crippen LogP contribution in [0.4, 0.5) is 0 Å². The van der Waals surface area contributed by atoms with E-state index >= 15 is 0 Å². The van der Waals surface area contributed by atoms with E-state index in [1.54, 1.807) is 6.20 Å². The summed E-state index contributed by atoms with van der Waals surface area (Å²) in [4.78, 5) is 4.27. The van der Waals surface area contributed by atoms with Crippen LogP contribution >= 0.6 is 0 Å². The third-order valence-electron chi connectivity index (χ3n) is 3.97. The van der Waals surface area contributed by atoms with E-state index in [-0.39, 0.29) is 6.61 Å². The van der Waals surface area contributed by atoms with Crippen molar-refractivity contribution in [3.63, 3.8) is 0 Å². The first-order chi connectivity index (χ1) is 12.1. The molecule has 0 amide bonds. The van der Waals surface area contributed by atoms with Crippen LogP contribution < -0.4 is 4.74 Å². The fraction of sp³-hybridized carbons (Fsp3) is 0.450. The van der Waals surface area contributed by atoms with Gasteiger partial charge in [-0.1, -0.05) is 25.1 Å². The summed E-state index contributed by atoms with van der Waals surface area (Å²) >= 11 is 0. The van der Waals surface area contributed by atoms with Gasteiger partial charge in [-0.2, -0.15) is 0 Å². The molecule has 0 radical (unpaired) electrons. The molecule has 25 heavy (non-hydrogen) atoms. The maximum Gasteiger partial charge on any atom is 0.154 e. The SMILES string of the molecule is CCOC(O)CCc1ccc(OCC(O)c2ccc(CC)cn2)cc1. The zero-order chi connectivity index (χ0) is 18.1. The number of aliphatic hydroxyl groups is 2. The molecule has 0 fully saturated rings. The van der Waals surface area contributed by atoms with E-state index in [9.17, 15) is 10.2 Å². The van der Waals surface area contributed by atoms with E-state index in [1.807, 2.05) is 43.3 Å². The lowest BCUT2D eigenvalue weighted by Gasteiger charge is -2.13. The lowest BCUT2D eigenvalue weighted by molar-refractivity contribution is -0.0980. The number of ether oxygens (including phenoxy) is 2. The Bertz CT molecular complexity index is 613. The number of hydrogen-bond donors (Lipinski definition) is 2. The number of hydrogen-bond acceptors (Lipinski definition) is 5. The van der Waals surface area contributed by atoms with Crippen LogP contribution in [0.1, 0.15) is 43.2 Å². The van der Waals surface area contributed by atoms with Gasteiger partial charge in [0, 0.05) is 19.2 Å². The standard InChI is InChI=1S/C20H27NO4/c1-3-15-7-11-18(21-13-15)19(22)14-25-17-9-5-16(6-10-17)8-12-20(23)24-4-2/h5-7,9-11,13,19-20,22-23H,3-4,8,12,14H2,1-2H3. The number of aliphatic hydroxyl groups excluding tert-OH is 2. The highest BCUT2D eigenvalue weighted by molar-refractivity contribution is 5.27. The predicted octanol–water partition coefficient (Wildman–Crippen LogP) is 3.04. The molecule has 0 saturated carbocycles. The van der Waals surface area contributed by atoms with Crippen LogP contribution in [-0.4, -0.2) is 34.7 Å². The van der Waals surface area contributed by atoms with Crippen molar-refractivity contribution < 1.29 is 19.7 Å². The second kappa shape index (κ2) is 10.1. The Kier molecular flexibility index (Phi) is 7.85. The highest BCUT2D eigenvalue weighted by Gasteiger charge is 2.10. The van der Waals surface area contributed by atoms with Crippen molar-refractivity contribution >= 4 is 0 Å². The molecule has 2 atom stereocenters. The van der Waals surface area contributed by atoms with Crippen molar-refractivity contribution in [2.45, 2.75) is 45.5 Å². The molecular weight excluding hydrogens is 318 g/mol. The van der Waals surface area contributed by atoms with Crippen molar-refractivity contribution in [1.82, 2.24) is 4.98 Å². The summed E-state index contributed by atoms with van der Waals surface area (Å²) < 4.78 is 10.7. The summed E-state index contributed by atoms with van der Waals surface area (Å²) in [6.07, 6.45) is 2.52. The van der Waals surface area contributed by atoms with Gasteiger partial charge in [-0.25, -0.2) is 0 Å². The van der Waals surface area contributed by atoms with Gasteiger partial charge in [0.25, 0.3) is 0 Å². The van der Waals surface area contributed by atoms with Crippen LogP contribution in [0, 0.1) is 0 Å². The lowest BCUT2D eigenvalue weighted by Crippen LogP contribution is -2.12. The molecule has 2 unspecified atom stereocenters. The van der Waals surface area contributed by atoms with Gasteiger partial charge in [0.1, 0.15) is 18.5 Å². The number of nitrogens with zero attached hydrogens (tertiary/aromatic N) is 1. The number of aryl methyl sites for hydroxylation is 2. The van der Waals surface area contributed by atoms with E-state index < -0.39 is 12.4 Å². The summed E-state index contributed by atoms with van der Waals surface area (Å²) in [5, 5.41) is 19.7. The normalized spacial score (nSPS) is 13.4. The van der Waals surface area contributed by atoms with Crippen LogP contribution in [0.5, 0.6) is 5.75 Å². The maximum absolute atomic E-state index is 10.2. The van der Waals surface area contributed by atoms with Gasteiger partial charge in [0.05, 0.1) is 5.69 Å². The Morgan fingerprint density at radius 2 is 1.72 bits per heavy atom. The number of pyridine rings is 1. The molecule has 1 heterocycles. The lowest BCUT2D eigenvalue weighted by atomic mass is 10.1. The van der Waals surface area contributed by atoms with Gasteiger partial charge < -0.3 is 19.7 Å². The number of aromatic nitrogens is 1. The van der Waals surface area contributed by atoms with Gasteiger partial charge >= 0.3 is 0 Å². The van der Waals surface area contributed by atoms with Crippen LogP contribution in [0.3, 0.4) is 0 Å². The minimum atomic E-state index is -0.757. The van der Waals surface area contributed by atoms with Crippen molar-refractivity contribution in [2.24, 2.45) is 0 Å². The van der Waals surface area contributed by atoms with Crippen LogP contribution in [0.25, 0.3) is 0 Å². The van der Waals surface area contributed by atoms with E-state index in [0.717, 1.165) is 24.0 Å². The zero-order valence-electron chi connectivity index (χ0n) is 14.9. The maximum atomic E-state index is 10.2. The van der Waals surface area contributed by atoms with Gasteiger partial charge in [0.2, 0.25) is 0 Å². The highest BCUT2D eigenvalue weighted by Crippen LogP contribution is 2.17. The molecule has 0 saturated heterocycles. The fourth-order valence-electron chi connectivity index (χ4n) is 2.42. The third kappa shape index (κ3) is 6.46. The Labute approximate surface area is 149 Å². The number of rotatable bonds is 10. The minimum Gasteiger partial charge on any atom is -0.490 e. The second-order valence-corrected chi connectivity index (χ2v) is 5.86. The van der Waals surface area contributed by atoms with Gasteiger partial charge in [-0.3, -0.25) is 4.98 Å². The van der Waals surface area contributed by atoms with Crippen molar-refractivity contribution in [2.75, 3.05) is 13.2 Å². The monoisotopic (exact) mass is 345 g/mol. The molecule has 0 aliphatic carbocycles. The zero-order valence-corrected chi connectivity index (χ0v) is 14.9.